The van der Waals surface area contributed by atoms with Crippen LogP contribution in [0.25, 0.3) is 0 Å². The van der Waals surface area contributed by atoms with Crippen LogP contribution in [-0.4, -0.2) is 11.4 Å². The van der Waals surface area contributed by atoms with Crippen LogP contribution in [0.5, 0.6) is 0 Å². The van der Waals surface area contributed by atoms with Gasteiger partial charge in [0.05, 0.1) is 18.2 Å². The summed E-state index contributed by atoms with van der Waals surface area (Å²) in [7, 11) is 0. The summed E-state index contributed by atoms with van der Waals surface area (Å²) in [6, 6.07) is 7.36. The van der Waals surface area contributed by atoms with E-state index in [9.17, 15) is 0 Å². The van der Waals surface area contributed by atoms with Crippen molar-refractivity contribution in [3.05, 3.63) is 29.3 Å². The second kappa shape index (κ2) is 4.15. The minimum absolute atomic E-state index is 0.00824. The van der Waals surface area contributed by atoms with Crippen molar-refractivity contribution in [3.8, 4) is 6.07 Å². The van der Waals surface area contributed by atoms with Gasteiger partial charge in [0, 0.05) is 4.90 Å². The van der Waals surface area contributed by atoms with Crippen LogP contribution >= 0.6 is 11.8 Å². The summed E-state index contributed by atoms with van der Waals surface area (Å²) in [6.07, 6.45) is 1.94. The van der Waals surface area contributed by atoms with Crippen LogP contribution in [-0.2, 0) is 6.61 Å². The zero-order valence-corrected chi connectivity index (χ0v) is 7.56. The lowest BCUT2D eigenvalue weighted by atomic mass is 10.1. The number of hydrogen-bond acceptors (Lipinski definition) is 3. The Balaban J connectivity index is 3.13. The number of nitrogens with zero attached hydrogens (tertiary/aromatic N) is 1. The predicted molar refractivity (Wildman–Crippen MR) is 48.9 cm³/mol. The molecule has 0 saturated heterocycles. The molecule has 0 radical (unpaired) electrons. The lowest BCUT2D eigenvalue weighted by Gasteiger charge is -2.03. The molecule has 0 saturated carbocycles. The fraction of sp³-hybridized carbons (Fsp3) is 0.222. The molecule has 0 heterocycles. The first-order valence-electron chi connectivity index (χ1n) is 3.49. The van der Waals surface area contributed by atoms with E-state index in [0.29, 0.717) is 5.56 Å². The Hall–Kier alpha value is -0.980. The summed E-state index contributed by atoms with van der Waals surface area (Å²) in [4.78, 5) is 1.02. The molecule has 0 spiro atoms. The van der Waals surface area contributed by atoms with Crippen molar-refractivity contribution in [3.63, 3.8) is 0 Å². The van der Waals surface area contributed by atoms with Gasteiger partial charge in [0.1, 0.15) is 0 Å². The van der Waals surface area contributed by atoms with Crippen LogP contribution in [0.15, 0.2) is 23.1 Å². The van der Waals surface area contributed by atoms with Gasteiger partial charge < -0.3 is 5.11 Å². The van der Waals surface area contributed by atoms with Gasteiger partial charge in [-0.05, 0) is 30.0 Å². The third-order valence-electron chi connectivity index (χ3n) is 1.58. The minimum atomic E-state index is -0.00824. The Labute approximate surface area is 75.8 Å². The number of nitriles is 1. The minimum Gasteiger partial charge on any atom is -0.392 e. The quantitative estimate of drug-likeness (QED) is 0.704. The lowest BCUT2D eigenvalue weighted by Crippen LogP contribution is -1.88. The molecule has 1 aromatic rings. The average molecular weight is 179 g/mol. The van der Waals surface area contributed by atoms with Gasteiger partial charge in [-0.2, -0.15) is 5.26 Å². The topological polar surface area (TPSA) is 44.0 Å². The van der Waals surface area contributed by atoms with E-state index >= 15 is 0 Å². The molecule has 0 amide bonds. The summed E-state index contributed by atoms with van der Waals surface area (Å²) in [5.41, 5.74) is 1.42. The van der Waals surface area contributed by atoms with Crippen molar-refractivity contribution in [1.29, 1.82) is 5.26 Å². The molecule has 62 valence electrons. The van der Waals surface area contributed by atoms with Crippen LogP contribution in [0.1, 0.15) is 11.1 Å². The first-order valence-corrected chi connectivity index (χ1v) is 4.72. The zero-order valence-electron chi connectivity index (χ0n) is 6.74. The molecule has 0 unspecified atom stereocenters. The molecular weight excluding hydrogens is 170 g/mol. The molecule has 3 heteroatoms. The maximum Gasteiger partial charge on any atom is 0.0991 e. The number of rotatable bonds is 2. The molecule has 12 heavy (non-hydrogen) atoms. The van der Waals surface area contributed by atoms with E-state index < -0.39 is 0 Å². The SMILES string of the molecule is CSc1ccc(C#N)cc1CO. The van der Waals surface area contributed by atoms with Crippen molar-refractivity contribution in [2.24, 2.45) is 0 Å². The molecule has 1 N–H and O–H groups in total. The highest BCUT2D eigenvalue weighted by Crippen LogP contribution is 2.21. The van der Waals surface area contributed by atoms with Gasteiger partial charge in [0.25, 0.3) is 0 Å². The summed E-state index contributed by atoms with van der Waals surface area (Å²) in [6.45, 7) is -0.00824. The number of aliphatic hydroxyl groups is 1. The maximum absolute atomic E-state index is 8.95. The van der Waals surface area contributed by atoms with Crippen LogP contribution in [0.4, 0.5) is 0 Å². The highest BCUT2D eigenvalue weighted by Gasteiger charge is 2.00. The number of thioether (sulfide) groups is 1. The molecule has 0 bridgehead atoms. The van der Waals surface area contributed by atoms with Gasteiger partial charge in [0.15, 0.2) is 0 Å². The normalized spacial score (nSPS) is 9.42. The Morgan fingerprint density at radius 3 is 2.83 bits per heavy atom. The van der Waals surface area contributed by atoms with Crippen LogP contribution in [0, 0.1) is 11.3 Å². The molecule has 1 rings (SSSR count). The third kappa shape index (κ3) is 1.79. The summed E-state index contributed by atoms with van der Waals surface area (Å²) in [5.74, 6) is 0. The summed E-state index contributed by atoms with van der Waals surface area (Å²) >= 11 is 1.57. The molecule has 2 nitrogen and oxygen atoms in total. The molecule has 0 atom stereocenters. The van der Waals surface area contributed by atoms with Crippen LogP contribution < -0.4 is 0 Å². The Morgan fingerprint density at radius 1 is 1.58 bits per heavy atom. The molecule has 0 aliphatic rings. The number of hydrogen-bond donors (Lipinski definition) is 1. The smallest absolute Gasteiger partial charge is 0.0991 e. The zero-order chi connectivity index (χ0) is 8.97. The summed E-state index contributed by atoms with van der Waals surface area (Å²) < 4.78 is 0. The van der Waals surface area contributed by atoms with Crippen molar-refractivity contribution < 1.29 is 5.11 Å². The Bertz CT molecular complexity index is 317. The van der Waals surface area contributed by atoms with Gasteiger partial charge >= 0.3 is 0 Å². The average Bonchev–Trinajstić information content (AvgIpc) is 2.16. The second-order valence-electron chi connectivity index (χ2n) is 2.30. The van der Waals surface area contributed by atoms with E-state index in [1.165, 1.54) is 0 Å². The first-order chi connectivity index (χ1) is 5.81. The van der Waals surface area contributed by atoms with Crippen molar-refractivity contribution in [2.45, 2.75) is 11.5 Å². The third-order valence-corrected chi connectivity index (χ3v) is 2.42. The fourth-order valence-electron chi connectivity index (χ4n) is 0.972. The van der Waals surface area contributed by atoms with Gasteiger partial charge in [-0.25, -0.2) is 0 Å². The Kier molecular flexibility index (Phi) is 3.15. The molecule has 1 aromatic carbocycles. The maximum atomic E-state index is 8.95. The lowest BCUT2D eigenvalue weighted by molar-refractivity contribution is 0.279. The van der Waals surface area contributed by atoms with Crippen molar-refractivity contribution >= 4 is 11.8 Å². The first kappa shape index (κ1) is 9.11. The van der Waals surface area contributed by atoms with Gasteiger partial charge in [-0.15, -0.1) is 11.8 Å². The van der Waals surface area contributed by atoms with E-state index in [4.69, 9.17) is 10.4 Å². The Morgan fingerprint density at radius 2 is 2.33 bits per heavy atom. The monoisotopic (exact) mass is 179 g/mol. The predicted octanol–water partition coefficient (Wildman–Crippen LogP) is 1.77. The highest BCUT2D eigenvalue weighted by molar-refractivity contribution is 7.98. The number of aliphatic hydroxyl groups excluding tert-OH is 1. The van der Waals surface area contributed by atoms with Crippen molar-refractivity contribution in [1.82, 2.24) is 0 Å². The molecular formula is C9H9NOS. The van der Waals surface area contributed by atoms with Gasteiger partial charge in [-0.3, -0.25) is 0 Å². The van der Waals surface area contributed by atoms with Crippen LogP contribution in [0.2, 0.25) is 0 Å². The van der Waals surface area contributed by atoms with Crippen molar-refractivity contribution in [2.75, 3.05) is 6.26 Å². The second-order valence-corrected chi connectivity index (χ2v) is 3.14. The fourth-order valence-corrected chi connectivity index (χ4v) is 1.56. The standard InChI is InChI=1S/C9H9NOS/c1-12-9-3-2-7(5-10)4-8(9)6-11/h2-4,11H,6H2,1H3. The highest BCUT2D eigenvalue weighted by atomic mass is 32.2. The molecule has 0 aliphatic carbocycles. The van der Waals surface area contributed by atoms with E-state index in [-0.39, 0.29) is 6.61 Å². The molecule has 0 aliphatic heterocycles. The van der Waals surface area contributed by atoms with E-state index in [1.54, 1.807) is 23.9 Å². The molecule has 0 aromatic heterocycles. The van der Waals surface area contributed by atoms with Gasteiger partial charge in [-0.1, -0.05) is 0 Å². The van der Waals surface area contributed by atoms with E-state index in [0.717, 1.165) is 10.5 Å². The number of benzene rings is 1. The largest absolute Gasteiger partial charge is 0.392 e. The van der Waals surface area contributed by atoms with Gasteiger partial charge in [0.2, 0.25) is 0 Å². The van der Waals surface area contributed by atoms with E-state index in [2.05, 4.69) is 0 Å². The molecule has 0 fully saturated rings. The van der Waals surface area contributed by atoms with E-state index in [1.807, 2.05) is 18.4 Å². The summed E-state index contributed by atoms with van der Waals surface area (Å²) in [5, 5.41) is 17.5. The van der Waals surface area contributed by atoms with Crippen LogP contribution in [0.3, 0.4) is 0 Å².